The molecule has 10 heteroatoms. The second kappa shape index (κ2) is 15.3. The Morgan fingerprint density at radius 1 is 0.897 bits per heavy atom. The molecule has 0 spiro atoms. The summed E-state index contributed by atoms with van der Waals surface area (Å²) in [4.78, 5) is 25.8. The fourth-order valence-corrected chi connectivity index (χ4v) is 3.69. The van der Waals surface area contributed by atoms with E-state index in [9.17, 15) is 23.5 Å². The molecule has 1 atom stereocenters. The lowest BCUT2D eigenvalue weighted by Crippen LogP contribution is -2.39. The minimum absolute atomic E-state index is 0.186. The number of anilines is 1. The molecule has 39 heavy (non-hydrogen) atoms. The number of halogens is 2. The molecule has 8 nitrogen and oxygen atoms in total. The first kappa shape index (κ1) is 29.4. The van der Waals surface area contributed by atoms with Crippen molar-refractivity contribution in [2.75, 3.05) is 38.2 Å². The van der Waals surface area contributed by atoms with E-state index >= 15 is 0 Å². The Kier molecular flexibility index (Phi) is 11.5. The number of aliphatic carboxylic acids is 1. The SMILES string of the molecule is CCOC(Cc1ccc(OCCN(CCCOc2ccc(F)cc2)C(=O)Nc2cccc(F)c2)cc1)C(=O)O. The first-order chi connectivity index (χ1) is 18.8. The van der Waals surface area contributed by atoms with E-state index in [4.69, 9.17) is 14.2 Å². The fourth-order valence-electron chi connectivity index (χ4n) is 3.69. The van der Waals surface area contributed by atoms with Crippen LogP contribution in [0.25, 0.3) is 0 Å². The van der Waals surface area contributed by atoms with Gasteiger partial charge in [-0.1, -0.05) is 18.2 Å². The van der Waals surface area contributed by atoms with Crippen molar-refractivity contribution in [2.45, 2.75) is 25.9 Å². The van der Waals surface area contributed by atoms with E-state index in [1.807, 2.05) is 0 Å². The molecule has 0 aliphatic rings. The Morgan fingerprint density at radius 2 is 1.56 bits per heavy atom. The Labute approximate surface area is 226 Å². The number of hydrogen-bond donors (Lipinski definition) is 2. The van der Waals surface area contributed by atoms with Gasteiger partial charge in [-0.05, 0) is 73.5 Å². The average molecular weight is 543 g/mol. The highest BCUT2D eigenvalue weighted by Crippen LogP contribution is 2.16. The number of carbonyl (C=O) groups is 2. The summed E-state index contributed by atoms with van der Waals surface area (Å²) in [7, 11) is 0. The smallest absolute Gasteiger partial charge is 0.333 e. The maximum absolute atomic E-state index is 13.6. The highest BCUT2D eigenvalue weighted by molar-refractivity contribution is 5.89. The van der Waals surface area contributed by atoms with Gasteiger partial charge in [0.1, 0.15) is 29.7 Å². The number of ether oxygens (including phenoxy) is 3. The van der Waals surface area contributed by atoms with Crippen molar-refractivity contribution < 1.29 is 37.7 Å². The summed E-state index contributed by atoms with van der Waals surface area (Å²) in [5.74, 6) is -0.749. The molecule has 208 valence electrons. The van der Waals surface area contributed by atoms with Gasteiger partial charge in [0.15, 0.2) is 6.10 Å². The zero-order valence-electron chi connectivity index (χ0n) is 21.6. The Hall–Kier alpha value is -4.18. The second-order valence-corrected chi connectivity index (χ2v) is 8.56. The molecule has 0 fully saturated rings. The van der Waals surface area contributed by atoms with Crippen molar-refractivity contribution in [3.63, 3.8) is 0 Å². The molecule has 3 aromatic carbocycles. The van der Waals surface area contributed by atoms with E-state index in [1.165, 1.54) is 47.4 Å². The molecule has 0 aliphatic carbocycles. The van der Waals surface area contributed by atoms with Gasteiger partial charge in [0.25, 0.3) is 0 Å². The number of carboxylic acids is 1. The van der Waals surface area contributed by atoms with Crippen LogP contribution in [0.2, 0.25) is 0 Å². The van der Waals surface area contributed by atoms with Gasteiger partial charge in [-0.15, -0.1) is 0 Å². The van der Waals surface area contributed by atoms with Crippen LogP contribution in [0.5, 0.6) is 11.5 Å². The molecule has 0 bridgehead atoms. The van der Waals surface area contributed by atoms with Gasteiger partial charge in [-0.2, -0.15) is 0 Å². The maximum atomic E-state index is 13.6. The third kappa shape index (κ3) is 10.2. The number of amides is 2. The quantitative estimate of drug-likeness (QED) is 0.250. The summed E-state index contributed by atoms with van der Waals surface area (Å²) in [6, 6.07) is 17.9. The van der Waals surface area contributed by atoms with Crippen LogP contribution in [0.4, 0.5) is 19.3 Å². The molecule has 0 saturated carbocycles. The summed E-state index contributed by atoms with van der Waals surface area (Å²) in [6.45, 7) is 3.11. The minimum atomic E-state index is -1.02. The van der Waals surface area contributed by atoms with Crippen LogP contribution >= 0.6 is 0 Å². The maximum Gasteiger partial charge on any atom is 0.333 e. The highest BCUT2D eigenvalue weighted by atomic mass is 19.1. The normalized spacial score (nSPS) is 11.5. The summed E-state index contributed by atoms with van der Waals surface area (Å²) in [5.41, 5.74) is 1.12. The van der Waals surface area contributed by atoms with Gasteiger partial charge in [0.2, 0.25) is 0 Å². The lowest BCUT2D eigenvalue weighted by molar-refractivity contribution is -0.149. The summed E-state index contributed by atoms with van der Waals surface area (Å²) in [5, 5.41) is 11.9. The van der Waals surface area contributed by atoms with Gasteiger partial charge in [0.05, 0.1) is 13.2 Å². The highest BCUT2D eigenvalue weighted by Gasteiger charge is 2.18. The largest absolute Gasteiger partial charge is 0.494 e. The van der Waals surface area contributed by atoms with Crippen LogP contribution in [0.1, 0.15) is 18.9 Å². The van der Waals surface area contributed by atoms with Crippen molar-refractivity contribution in [1.29, 1.82) is 0 Å². The number of hydrogen-bond acceptors (Lipinski definition) is 5. The monoisotopic (exact) mass is 542 g/mol. The minimum Gasteiger partial charge on any atom is -0.494 e. The van der Waals surface area contributed by atoms with Crippen molar-refractivity contribution in [1.82, 2.24) is 4.90 Å². The number of nitrogens with one attached hydrogen (secondary N) is 1. The Balaban J connectivity index is 1.54. The Morgan fingerprint density at radius 3 is 2.21 bits per heavy atom. The van der Waals surface area contributed by atoms with Crippen LogP contribution in [0.3, 0.4) is 0 Å². The first-order valence-corrected chi connectivity index (χ1v) is 12.6. The third-order valence-corrected chi connectivity index (χ3v) is 5.64. The van der Waals surface area contributed by atoms with E-state index in [0.717, 1.165) is 5.56 Å². The fraction of sp³-hybridized carbons (Fsp3) is 0.310. The number of urea groups is 1. The standard InChI is InChI=1S/C29H32F2N2O6/c1-2-37-27(28(34)35)19-21-7-11-25(12-8-21)39-18-16-33(29(36)32-24-6-3-5-23(31)20-24)15-4-17-38-26-13-9-22(30)10-14-26/h3,5-14,20,27H,2,4,15-19H2,1H3,(H,32,36)(H,34,35). The van der Waals surface area contributed by atoms with Crippen molar-refractivity contribution in [2.24, 2.45) is 0 Å². The number of benzene rings is 3. The first-order valence-electron chi connectivity index (χ1n) is 12.6. The van der Waals surface area contributed by atoms with E-state index in [-0.39, 0.29) is 25.4 Å². The molecule has 2 amide bonds. The van der Waals surface area contributed by atoms with Gasteiger partial charge >= 0.3 is 12.0 Å². The number of nitrogens with zero attached hydrogens (tertiary/aromatic N) is 1. The van der Waals surface area contributed by atoms with Crippen LogP contribution in [0, 0.1) is 11.6 Å². The summed E-state index contributed by atoms with van der Waals surface area (Å²) >= 11 is 0. The van der Waals surface area contributed by atoms with Gasteiger partial charge in [0, 0.05) is 25.3 Å². The third-order valence-electron chi connectivity index (χ3n) is 5.64. The lowest BCUT2D eigenvalue weighted by Gasteiger charge is -2.23. The van der Waals surface area contributed by atoms with Crippen LogP contribution in [-0.2, 0) is 16.0 Å². The molecule has 1 unspecified atom stereocenters. The zero-order chi connectivity index (χ0) is 28.0. The van der Waals surface area contributed by atoms with E-state index < -0.39 is 23.9 Å². The molecule has 0 aliphatic heterocycles. The van der Waals surface area contributed by atoms with Crippen molar-refractivity contribution in [3.05, 3.63) is 90.0 Å². The summed E-state index contributed by atoms with van der Waals surface area (Å²) in [6.07, 6.45) is -0.191. The summed E-state index contributed by atoms with van der Waals surface area (Å²) < 4.78 is 43.3. The molecule has 0 radical (unpaired) electrons. The molecule has 3 rings (SSSR count). The molecule has 0 aromatic heterocycles. The second-order valence-electron chi connectivity index (χ2n) is 8.56. The molecule has 0 saturated heterocycles. The lowest BCUT2D eigenvalue weighted by atomic mass is 10.1. The van der Waals surface area contributed by atoms with Crippen molar-refractivity contribution >= 4 is 17.7 Å². The predicted molar refractivity (Wildman–Crippen MR) is 142 cm³/mol. The number of rotatable bonds is 15. The van der Waals surface area contributed by atoms with Crippen molar-refractivity contribution in [3.8, 4) is 11.5 Å². The van der Waals surface area contributed by atoms with Crippen LogP contribution in [-0.4, -0.2) is 61.0 Å². The van der Waals surface area contributed by atoms with E-state index in [0.29, 0.717) is 43.4 Å². The molecule has 0 heterocycles. The number of carbonyl (C=O) groups excluding carboxylic acids is 1. The topological polar surface area (TPSA) is 97.3 Å². The average Bonchev–Trinajstić information content (AvgIpc) is 2.91. The number of carboxylic acid groups (broad SMARTS) is 1. The molecule has 2 N–H and O–H groups in total. The van der Waals surface area contributed by atoms with Crippen LogP contribution < -0.4 is 14.8 Å². The molecule has 3 aromatic rings. The van der Waals surface area contributed by atoms with Gasteiger partial charge in [-0.3, -0.25) is 0 Å². The zero-order valence-corrected chi connectivity index (χ0v) is 21.6. The molecular formula is C29H32F2N2O6. The predicted octanol–water partition coefficient (Wildman–Crippen LogP) is 5.38. The van der Waals surface area contributed by atoms with E-state index in [2.05, 4.69) is 5.32 Å². The van der Waals surface area contributed by atoms with Gasteiger partial charge < -0.3 is 29.5 Å². The Bertz CT molecular complexity index is 1190. The van der Waals surface area contributed by atoms with Crippen LogP contribution in [0.15, 0.2) is 72.8 Å². The van der Waals surface area contributed by atoms with Gasteiger partial charge in [-0.25, -0.2) is 18.4 Å². The van der Waals surface area contributed by atoms with E-state index in [1.54, 1.807) is 37.3 Å². The molecular weight excluding hydrogens is 510 g/mol.